The van der Waals surface area contributed by atoms with Gasteiger partial charge in [0.1, 0.15) is 5.54 Å². The van der Waals surface area contributed by atoms with E-state index in [2.05, 4.69) is 5.32 Å². The lowest BCUT2D eigenvalue weighted by molar-refractivity contribution is -0.140. The maximum absolute atomic E-state index is 11.8. The molecule has 1 saturated carbocycles. The van der Waals surface area contributed by atoms with Gasteiger partial charge in [-0.05, 0) is 37.1 Å². The summed E-state index contributed by atoms with van der Waals surface area (Å²) in [5.74, 6) is -2.07. The predicted molar refractivity (Wildman–Crippen MR) is 62.0 cm³/mol. The molecule has 0 unspecified atom stereocenters. The second-order valence-corrected chi connectivity index (χ2v) is 4.28. The molecule has 94 valence electrons. The van der Waals surface area contributed by atoms with Gasteiger partial charge in [-0.1, -0.05) is 0 Å². The van der Waals surface area contributed by atoms with Crippen LogP contribution in [-0.4, -0.2) is 28.4 Å². The lowest BCUT2D eigenvalue weighted by atomic mass is 10.1. The van der Waals surface area contributed by atoms with E-state index in [-0.39, 0.29) is 0 Å². The molecule has 18 heavy (non-hydrogen) atoms. The van der Waals surface area contributed by atoms with Gasteiger partial charge < -0.3 is 16.2 Å². The maximum Gasteiger partial charge on any atom is 0.329 e. The molecule has 1 fully saturated rings. The van der Waals surface area contributed by atoms with Gasteiger partial charge in [-0.2, -0.15) is 0 Å². The second-order valence-electron chi connectivity index (χ2n) is 4.28. The Bertz CT molecular complexity index is 517. The third kappa shape index (κ3) is 2.17. The number of aliphatic carboxylic acids is 1. The average Bonchev–Trinajstić information content (AvgIpc) is 3.10. The number of primary amides is 1. The van der Waals surface area contributed by atoms with E-state index in [1.165, 1.54) is 24.3 Å². The molecule has 1 aliphatic rings. The van der Waals surface area contributed by atoms with Crippen LogP contribution in [0.5, 0.6) is 0 Å². The monoisotopic (exact) mass is 248 g/mol. The highest BCUT2D eigenvalue weighted by Crippen LogP contribution is 2.35. The van der Waals surface area contributed by atoms with Gasteiger partial charge in [0.15, 0.2) is 0 Å². The van der Waals surface area contributed by atoms with Crippen LogP contribution in [0.25, 0.3) is 0 Å². The minimum atomic E-state index is -1.11. The molecule has 0 bridgehead atoms. The summed E-state index contributed by atoms with van der Waals surface area (Å²) in [4.78, 5) is 33.6. The van der Waals surface area contributed by atoms with Crippen molar-refractivity contribution in [1.29, 1.82) is 0 Å². The molecule has 6 heteroatoms. The zero-order valence-corrected chi connectivity index (χ0v) is 9.47. The van der Waals surface area contributed by atoms with Crippen molar-refractivity contribution in [1.82, 2.24) is 5.32 Å². The van der Waals surface area contributed by atoms with Crippen molar-refractivity contribution in [2.75, 3.05) is 0 Å². The molecule has 0 atom stereocenters. The van der Waals surface area contributed by atoms with Crippen molar-refractivity contribution in [3.8, 4) is 0 Å². The van der Waals surface area contributed by atoms with E-state index in [1.807, 2.05) is 0 Å². The van der Waals surface area contributed by atoms with E-state index >= 15 is 0 Å². The Hall–Kier alpha value is -2.37. The maximum atomic E-state index is 11.8. The van der Waals surface area contributed by atoms with Crippen LogP contribution < -0.4 is 11.1 Å². The summed E-state index contributed by atoms with van der Waals surface area (Å²) in [6, 6.07) is 5.73. The van der Waals surface area contributed by atoms with Gasteiger partial charge in [-0.25, -0.2) is 4.79 Å². The quantitative estimate of drug-likeness (QED) is 0.703. The van der Waals surface area contributed by atoms with Gasteiger partial charge in [0.2, 0.25) is 5.91 Å². The molecule has 1 aliphatic carbocycles. The van der Waals surface area contributed by atoms with Crippen LogP contribution in [0.3, 0.4) is 0 Å². The average molecular weight is 248 g/mol. The number of amides is 2. The first-order chi connectivity index (χ1) is 8.44. The highest BCUT2D eigenvalue weighted by molar-refractivity contribution is 6.00. The Morgan fingerprint density at radius 1 is 1.11 bits per heavy atom. The second kappa shape index (κ2) is 4.14. The van der Waals surface area contributed by atoms with Gasteiger partial charge in [-0.15, -0.1) is 0 Å². The fourth-order valence-electron chi connectivity index (χ4n) is 1.59. The lowest BCUT2D eigenvalue weighted by Crippen LogP contribution is -2.43. The first-order valence-electron chi connectivity index (χ1n) is 5.40. The summed E-state index contributed by atoms with van der Waals surface area (Å²) in [6.07, 6.45) is 0.876. The fourth-order valence-corrected chi connectivity index (χ4v) is 1.59. The molecule has 6 nitrogen and oxygen atoms in total. The van der Waals surface area contributed by atoms with E-state index in [1.54, 1.807) is 0 Å². The van der Waals surface area contributed by atoms with Crippen LogP contribution in [0, 0.1) is 0 Å². The van der Waals surface area contributed by atoms with Crippen LogP contribution in [0.15, 0.2) is 24.3 Å². The van der Waals surface area contributed by atoms with Crippen molar-refractivity contribution < 1.29 is 19.5 Å². The van der Waals surface area contributed by atoms with Crippen molar-refractivity contribution in [3.05, 3.63) is 35.4 Å². The van der Waals surface area contributed by atoms with E-state index in [0.29, 0.717) is 24.0 Å². The number of hydrogen-bond donors (Lipinski definition) is 3. The Kier molecular flexibility index (Phi) is 2.78. The zero-order valence-electron chi connectivity index (χ0n) is 9.47. The molecular weight excluding hydrogens is 236 g/mol. The van der Waals surface area contributed by atoms with Gasteiger partial charge in [0.25, 0.3) is 5.91 Å². The number of nitrogens with one attached hydrogen (secondary N) is 1. The standard InChI is InChI=1S/C12H12N2O4/c13-9(15)7-1-3-8(4-2-7)10(16)14-12(5-6-12)11(17)18/h1-4H,5-6H2,(H2,13,15)(H,14,16)(H,17,18). The summed E-state index contributed by atoms with van der Waals surface area (Å²) in [7, 11) is 0. The van der Waals surface area contributed by atoms with Crippen LogP contribution in [0.2, 0.25) is 0 Å². The number of carboxylic acids is 1. The molecule has 0 spiro atoms. The number of carbonyl (C=O) groups is 3. The van der Waals surface area contributed by atoms with Crippen molar-refractivity contribution in [3.63, 3.8) is 0 Å². The first-order valence-corrected chi connectivity index (χ1v) is 5.40. The van der Waals surface area contributed by atoms with Gasteiger partial charge >= 0.3 is 5.97 Å². The first kappa shape index (κ1) is 12.1. The largest absolute Gasteiger partial charge is 0.480 e. The Morgan fingerprint density at radius 3 is 2.00 bits per heavy atom. The molecule has 0 aromatic heterocycles. The summed E-state index contributed by atoms with van der Waals surface area (Å²) in [5, 5.41) is 11.4. The summed E-state index contributed by atoms with van der Waals surface area (Å²) in [5.41, 5.74) is 4.56. The lowest BCUT2D eigenvalue weighted by Gasteiger charge is -2.12. The highest BCUT2D eigenvalue weighted by atomic mass is 16.4. The number of nitrogens with two attached hydrogens (primary N) is 1. The number of carboxylic acid groups (broad SMARTS) is 1. The molecule has 1 aromatic carbocycles. The van der Waals surface area contributed by atoms with E-state index in [9.17, 15) is 14.4 Å². The highest BCUT2D eigenvalue weighted by Gasteiger charge is 2.51. The minimum Gasteiger partial charge on any atom is -0.480 e. The fraction of sp³-hybridized carbons (Fsp3) is 0.250. The number of hydrogen-bond acceptors (Lipinski definition) is 3. The summed E-state index contributed by atoms with van der Waals surface area (Å²) >= 11 is 0. The van der Waals surface area contributed by atoms with Crippen LogP contribution in [0.1, 0.15) is 33.6 Å². The van der Waals surface area contributed by atoms with Crippen LogP contribution in [-0.2, 0) is 4.79 Å². The third-order valence-corrected chi connectivity index (χ3v) is 2.94. The normalized spacial score (nSPS) is 15.8. The number of carbonyl (C=O) groups excluding carboxylic acids is 2. The summed E-state index contributed by atoms with van der Waals surface area (Å²) < 4.78 is 0. The number of rotatable bonds is 4. The predicted octanol–water partition coefficient (Wildman–Crippen LogP) is 0.132. The van der Waals surface area contributed by atoms with E-state index in [4.69, 9.17) is 10.8 Å². The number of benzene rings is 1. The summed E-state index contributed by atoms with van der Waals surface area (Å²) in [6.45, 7) is 0. The third-order valence-electron chi connectivity index (χ3n) is 2.94. The Balaban J connectivity index is 2.10. The van der Waals surface area contributed by atoms with Crippen LogP contribution in [0.4, 0.5) is 0 Å². The van der Waals surface area contributed by atoms with E-state index < -0.39 is 23.3 Å². The molecule has 2 rings (SSSR count). The smallest absolute Gasteiger partial charge is 0.329 e. The minimum absolute atomic E-state index is 0.297. The molecule has 0 heterocycles. The van der Waals surface area contributed by atoms with Crippen molar-refractivity contribution in [2.45, 2.75) is 18.4 Å². The zero-order chi connectivity index (χ0) is 13.3. The molecule has 2 amide bonds. The molecule has 0 saturated heterocycles. The van der Waals surface area contributed by atoms with Crippen molar-refractivity contribution in [2.24, 2.45) is 5.73 Å². The SMILES string of the molecule is NC(=O)c1ccc(C(=O)NC2(C(=O)O)CC2)cc1. The molecular formula is C12H12N2O4. The Morgan fingerprint density at radius 2 is 1.61 bits per heavy atom. The molecule has 0 aliphatic heterocycles. The molecule has 1 aromatic rings. The Labute approximate surface area is 103 Å². The van der Waals surface area contributed by atoms with Gasteiger partial charge in [0, 0.05) is 11.1 Å². The molecule has 0 radical (unpaired) electrons. The van der Waals surface area contributed by atoms with Crippen LogP contribution >= 0.6 is 0 Å². The van der Waals surface area contributed by atoms with Gasteiger partial charge in [0.05, 0.1) is 0 Å². The van der Waals surface area contributed by atoms with Crippen molar-refractivity contribution >= 4 is 17.8 Å². The van der Waals surface area contributed by atoms with E-state index in [0.717, 1.165) is 0 Å². The molecule has 4 N–H and O–H groups in total. The topological polar surface area (TPSA) is 109 Å². The van der Waals surface area contributed by atoms with Gasteiger partial charge in [-0.3, -0.25) is 9.59 Å².